The van der Waals surface area contributed by atoms with Crippen molar-refractivity contribution in [3.8, 4) is 0 Å². The Morgan fingerprint density at radius 1 is 1.15 bits per heavy atom. The third-order valence-corrected chi connectivity index (χ3v) is 3.33. The highest BCUT2D eigenvalue weighted by molar-refractivity contribution is 7.89. The summed E-state index contributed by atoms with van der Waals surface area (Å²) >= 11 is 0. The van der Waals surface area contributed by atoms with E-state index in [9.17, 15) is 17.6 Å². The van der Waals surface area contributed by atoms with Crippen LogP contribution in [-0.4, -0.2) is 19.3 Å². The zero-order chi connectivity index (χ0) is 14.8. The molecule has 0 unspecified atom stereocenters. The number of sulfonamides is 1. The summed E-state index contributed by atoms with van der Waals surface area (Å²) in [5.41, 5.74) is 0.412. The zero-order valence-corrected chi connectivity index (χ0v) is 10.9. The Kier molecular flexibility index (Phi) is 3.77. The molecular formula is C12H10FN3O3S. The summed E-state index contributed by atoms with van der Waals surface area (Å²) in [4.78, 5) is 15.3. The van der Waals surface area contributed by atoms with E-state index in [1.165, 1.54) is 30.3 Å². The average Bonchev–Trinajstić information content (AvgIpc) is 2.39. The van der Waals surface area contributed by atoms with Gasteiger partial charge in [-0.15, -0.1) is 0 Å². The molecule has 0 radical (unpaired) electrons. The summed E-state index contributed by atoms with van der Waals surface area (Å²) < 4.78 is 34.8. The topological polar surface area (TPSA) is 102 Å². The van der Waals surface area contributed by atoms with Crippen molar-refractivity contribution in [1.29, 1.82) is 0 Å². The highest BCUT2D eigenvalue weighted by Crippen LogP contribution is 2.13. The quantitative estimate of drug-likeness (QED) is 0.885. The number of nitrogens with one attached hydrogen (secondary N) is 1. The lowest BCUT2D eigenvalue weighted by Gasteiger charge is -2.05. The maximum Gasteiger partial charge on any atom is 0.274 e. The van der Waals surface area contributed by atoms with Crippen molar-refractivity contribution in [1.82, 2.24) is 4.98 Å². The maximum absolute atomic E-state index is 12.7. The van der Waals surface area contributed by atoms with Gasteiger partial charge in [0.2, 0.25) is 10.0 Å². The second-order valence-electron chi connectivity index (χ2n) is 3.89. The van der Waals surface area contributed by atoms with Gasteiger partial charge in [-0.05, 0) is 36.4 Å². The van der Waals surface area contributed by atoms with Crippen LogP contribution < -0.4 is 10.5 Å². The second-order valence-corrected chi connectivity index (χ2v) is 5.45. The summed E-state index contributed by atoms with van der Waals surface area (Å²) in [6.45, 7) is 0. The van der Waals surface area contributed by atoms with Crippen molar-refractivity contribution in [2.75, 3.05) is 5.32 Å². The van der Waals surface area contributed by atoms with Crippen molar-refractivity contribution in [3.63, 3.8) is 0 Å². The number of hydrogen-bond donors (Lipinski definition) is 2. The molecule has 0 aliphatic heterocycles. The van der Waals surface area contributed by atoms with Gasteiger partial charge >= 0.3 is 0 Å². The Morgan fingerprint density at radius 3 is 2.30 bits per heavy atom. The number of hydrogen-bond acceptors (Lipinski definition) is 4. The normalized spacial score (nSPS) is 11.1. The Morgan fingerprint density at radius 2 is 1.80 bits per heavy atom. The molecule has 0 saturated carbocycles. The number of carbonyl (C=O) groups is 1. The Balaban J connectivity index is 2.14. The predicted octanol–water partition coefficient (Wildman–Crippen LogP) is 1.12. The summed E-state index contributed by atoms with van der Waals surface area (Å²) in [7, 11) is -3.77. The van der Waals surface area contributed by atoms with Crippen molar-refractivity contribution >= 4 is 21.6 Å². The minimum absolute atomic E-state index is 0.0434. The molecule has 0 spiro atoms. The molecule has 6 nitrogen and oxygen atoms in total. The van der Waals surface area contributed by atoms with E-state index in [2.05, 4.69) is 10.3 Å². The third kappa shape index (κ3) is 3.37. The molecule has 1 heterocycles. The van der Waals surface area contributed by atoms with Gasteiger partial charge in [0.05, 0.1) is 11.1 Å². The van der Waals surface area contributed by atoms with E-state index < -0.39 is 21.7 Å². The molecule has 1 aromatic carbocycles. The highest BCUT2D eigenvalue weighted by Gasteiger charge is 2.10. The monoisotopic (exact) mass is 295 g/mol. The van der Waals surface area contributed by atoms with E-state index in [0.717, 1.165) is 12.3 Å². The molecule has 0 saturated heterocycles. The first kappa shape index (κ1) is 14.1. The van der Waals surface area contributed by atoms with E-state index in [1.807, 2.05) is 0 Å². The lowest BCUT2D eigenvalue weighted by Crippen LogP contribution is -2.14. The molecule has 104 valence electrons. The van der Waals surface area contributed by atoms with Crippen LogP contribution in [0.1, 0.15) is 10.5 Å². The minimum atomic E-state index is -3.77. The predicted molar refractivity (Wildman–Crippen MR) is 70.0 cm³/mol. The molecule has 3 N–H and O–H groups in total. The van der Waals surface area contributed by atoms with Gasteiger partial charge in [-0.1, -0.05) is 0 Å². The molecule has 0 aliphatic carbocycles. The average molecular weight is 295 g/mol. The van der Waals surface area contributed by atoms with Crippen LogP contribution in [0.15, 0.2) is 47.5 Å². The summed E-state index contributed by atoms with van der Waals surface area (Å²) in [6.07, 6.45) is 0.930. The van der Waals surface area contributed by atoms with Gasteiger partial charge in [-0.25, -0.2) is 22.9 Å². The number of rotatable bonds is 3. The van der Waals surface area contributed by atoms with E-state index in [0.29, 0.717) is 5.69 Å². The van der Waals surface area contributed by atoms with Crippen LogP contribution in [0.2, 0.25) is 0 Å². The standard InChI is InChI=1S/C12H10FN3O3S/c13-8-1-6-11(15-7-8)12(17)16-9-2-4-10(5-3-9)20(14,18)19/h1-7H,(H,16,17)(H2,14,18,19). The van der Waals surface area contributed by atoms with Gasteiger partial charge in [-0.3, -0.25) is 4.79 Å². The Bertz CT molecular complexity index is 728. The first-order valence-corrected chi connectivity index (χ1v) is 6.97. The molecule has 0 bridgehead atoms. The van der Waals surface area contributed by atoms with Gasteiger partial charge in [0.1, 0.15) is 11.5 Å². The van der Waals surface area contributed by atoms with Crippen molar-refractivity contribution in [2.24, 2.45) is 5.14 Å². The summed E-state index contributed by atoms with van der Waals surface area (Å²) in [6, 6.07) is 7.67. The number of primary sulfonamides is 1. The first-order valence-electron chi connectivity index (χ1n) is 5.42. The number of benzene rings is 1. The first-order chi connectivity index (χ1) is 9.36. The van der Waals surface area contributed by atoms with Crippen LogP contribution >= 0.6 is 0 Å². The molecule has 2 aromatic rings. The second kappa shape index (κ2) is 5.35. The fourth-order valence-electron chi connectivity index (χ4n) is 1.43. The SMILES string of the molecule is NS(=O)(=O)c1ccc(NC(=O)c2ccc(F)cn2)cc1. The van der Waals surface area contributed by atoms with Gasteiger partial charge in [-0.2, -0.15) is 0 Å². The van der Waals surface area contributed by atoms with Crippen LogP contribution in [0.25, 0.3) is 0 Å². The molecular weight excluding hydrogens is 285 g/mol. The number of carbonyl (C=O) groups excluding carboxylic acids is 1. The molecule has 1 amide bonds. The van der Waals surface area contributed by atoms with Crippen molar-refractivity contribution < 1.29 is 17.6 Å². The van der Waals surface area contributed by atoms with Crippen LogP contribution in [0, 0.1) is 5.82 Å². The number of nitrogens with zero attached hydrogens (tertiary/aromatic N) is 1. The Hall–Kier alpha value is -2.32. The molecule has 1 aromatic heterocycles. The van der Waals surface area contributed by atoms with Gasteiger partial charge < -0.3 is 5.32 Å². The van der Waals surface area contributed by atoms with E-state index >= 15 is 0 Å². The van der Waals surface area contributed by atoms with E-state index in [4.69, 9.17) is 5.14 Å². The van der Waals surface area contributed by atoms with Gasteiger partial charge in [0.25, 0.3) is 5.91 Å². The van der Waals surface area contributed by atoms with E-state index in [-0.39, 0.29) is 10.6 Å². The number of pyridine rings is 1. The van der Waals surface area contributed by atoms with Crippen LogP contribution in [0.4, 0.5) is 10.1 Å². The highest BCUT2D eigenvalue weighted by atomic mass is 32.2. The lowest BCUT2D eigenvalue weighted by molar-refractivity contribution is 0.102. The van der Waals surface area contributed by atoms with Crippen molar-refractivity contribution in [3.05, 3.63) is 54.1 Å². The van der Waals surface area contributed by atoms with Crippen molar-refractivity contribution in [2.45, 2.75) is 4.90 Å². The minimum Gasteiger partial charge on any atom is -0.321 e. The van der Waals surface area contributed by atoms with Gasteiger partial charge in [0, 0.05) is 5.69 Å². The summed E-state index contributed by atoms with van der Waals surface area (Å²) in [5, 5.41) is 7.45. The molecule has 0 aliphatic rings. The van der Waals surface area contributed by atoms with Crippen LogP contribution in [0.5, 0.6) is 0 Å². The fraction of sp³-hybridized carbons (Fsp3) is 0. The maximum atomic E-state index is 12.7. The molecule has 20 heavy (non-hydrogen) atoms. The Labute approximate surface area is 114 Å². The third-order valence-electron chi connectivity index (χ3n) is 2.40. The number of aromatic nitrogens is 1. The molecule has 8 heteroatoms. The zero-order valence-electron chi connectivity index (χ0n) is 10.1. The number of anilines is 1. The van der Waals surface area contributed by atoms with E-state index in [1.54, 1.807) is 0 Å². The smallest absolute Gasteiger partial charge is 0.274 e. The molecule has 2 rings (SSSR count). The van der Waals surface area contributed by atoms with Gasteiger partial charge in [0.15, 0.2) is 0 Å². The summed E-state index contributed by atoms with van der Waals surface area (Å²) in [5.74, 6) is -1.08. The lowest BCUT2D eigenvalue weighted by atomic mass is 10.3. The fourth-order valence-corrected chi connectivity index (χ4v) is 1.95. The molecule has 0 atom stereocenters. The number of amides is 1. The number of nitrogens with two attached hydrogens (primary N) is 1. The largest absolute Gasteiger partial charge is 0.321 e. The molecule has 0 fully saturated rings. The van der Waals surface area contributed by atoms with Crippen LogP contribution in [-0.2, 0) is 10.0 Å². The van der Waals surface area contributed by atoms with Crippen LogP contribution in [0.3, 0.4) is 0 Å². The number of halogens is 1.